The Morgan fingerprint density at radius 1 is 0.933 bits per heavy atom. The molecule has 0 spiro atoms. The second-order valence-electron chi connectivity index (χ2n) is 6.36. The van der Waals surface area contributed by atoms with Crippen molar-refractivity contribution in [3.05, 3.63) is 81.5 Å². The molecule has 1 aromatic heterocycles. The SMILES string of the molecule is Cc1cccc(C)c1NC(=O)C(=O)NN=Cc1ccc(OC(=O)c2cccs2)cc1. The van der Waals surface area contributed by atoms with Gasteiger partial charge in [-0.2, -0.15) is 5.10 Å². The standard InChI is InChI=1S/C22H19N3O4S/c1-14-5-3-6-15(2)19(14)24-20(26)21(27)25-23-13-16-8-10-17(11-9-16)29-22(28)18-7-4-12-30-18/h3-13H,1-2H3,(H,24,26)(H,25,27). The number of benzene rings is 2. The number of carbonyl (C=O) groups is 3. The summed E-state index contributed by atoms with van der Waals surface area (Å²) < 4.78 is 5.27. The number of carbonyl (C=O) groups excluding carboxylic acids is 3. The molecule has 0 bridgehead atoms. The molecule has 2 aromatic carbocycles. The Balaban J connectivity index is 1.52. The smallest absolute Gasteiger partial charge is 0.353 e. The van der Waals surface area contributed by atoms with Gasteiger partial charge in [-0.3, -0.25) is 9.59 Å². The summed E-state index contributed by atoms with van der Waals surface area (Å²) in [6.07, 6.45) is 1.38. The van der Waals surface area contributed by atoms with Gasteiger partial charge in [-0.25, -0.2) is 10.2 Å². The van der Waals surface area contributed by atoms with Gasteiger partial charge in [0.05, 0.1) is 6.21 Å². The van der Waals surface area contributed by atoms with Crippen LogP contribution >= 0.6 is 11.3 Å². The molecule has 152 valence electrons. The van der Waals surface area contributed by atoms with Crippen LogP contribution in [0.5, 0.6) is 5.75 Å². The minimum atomic E-state index is -0.879. The van der Waals surface area contributed by atoms with Crippen molar-refractivity contribution in [1.82, 2.24) is 5.43 Å². The minimum absolute atomic E-state index is 0.391. The van der Waals surface area contributed by atoms with E-state index in [1.807, 2.05) is 32.0 Å². The number of amides is 2. The van der Waals surface area contributed by atoms with E-state index in [9.17, 15) is 14.4 Å². The van der Waals surface area contributed by atoms with Crippen LogP contribution in [0.2, 0.25) is 0 Å². The first-order chi connectivity index (χ1) is 14.4. The fourth-order valence-electron chi connectivity index (χ4n) is 2.57. The van der Waals surface area contributed by atoms with Gasteiger partial charge in [0, 0.05) is 5.69 Å². The maximum atomic E-state index is 12.1. The molecule has 0 saturated heterocycles. The molecule has 1 heterocycles. The Hall–Kier alpha value is -3.78. The number of anilines is 1. The van der Waals surface area contributed by atoms with E-state index in [1.54, 1.807) is 41.8 Å². The number of esters is 1. The number of hydrogen-bond acceptors (Lipinski definition) is 6. The first-order valence-corrected chi connectivity index (χ1v) is 9.88. The summed E-state index contributed by atoms with van der Waals surface area (Å²) in [5.74, 6) is -1.72. The molecular formula is C22H19N3O4S. The molecule has 0 radical (unpaired) electrons. The molecule has 7 nitrogen and oxygen atoms in total. The van der Waals surface area contributed by atoms with Crippen LogP contribution in [0.3, 0.4) is 0 Å². The van der Waals surface area contributed by atoms with Crippen LogP contribution in [-0.2, 0) is 9.59 Å². The van der Waals surface area contributed by atoms with Crippen LogP contribution in [-0.4, -0.2) is 24.0 Å². The van der Waals surface area contributed by atoms with Crippen LogP contribution in [0.15, 0.2) is 65.1 Å². The summed E-state index contributed by atoms with van der Waals surface area (Å²) in [4.78, 5) is 36.5. The normalized spacial score (nSPS) is 10.6. The molecule has 0 saturated carbocycles. The van der Waals surface area contributed by atoms with Crippen molar-refractivity contribution in [1.29, 1.82) is 0 Å². The van der Waals surface area contributed by atoms with E-state index in [0.29, 0.717) is 21.9 Å². The Kier molecular flexibility index (Phi) is 6.71. The average molecular weight is 421 g/mol. The number of hydrazone groups is 1. The summed E-state index contributed by atoms with van der Waals surface area (Å²) in [7, 11) is 0. The summed E-state index contributed by atoms with van der Waals surface area (Å²) in [6.45, 7) is 3.69. The first kappa shape index (κ1) is 20.9. The molecule has 0 fully saturated rings. The highest BCUT2D eigenvalue weighted by molar-refractivity contribution is 7.12. The second kappa shape index (κ2) is 9.62. The van der Waals surface area contributed by atoms with E-state index in [-0.39, 0.29) is 0 Å². The van der Waals surface area contributed by atoms with Crippen LogP contribution in [0.4, 0.5) is 5.69 Å². The van der Waals surface area contributed by atoms with E-state index in [2.05, 4.69) is 15.8 Å². The maximum absolute atomic E-state index is 12.1. The van der Waals surface area contributed by atoms with Crippen LogP contribution in [0, 0.1) is 13.8 Å². The lowest BCUT2D eigenvalue weighted by Crippen LogP contribution is -2.32. The van der Waals surface area contributed by atoms with Crippen LogP contribution in [0.1, 0.15) is 26.4 Å². The quantitative estimate of drug-likeness (QED) is 0.216. The fraction of sp³-hybridized carbons (Fsp3) is 0.0909. The van der Waals surface area contributed by atoms with Gasteiger partial charge < -0.3 is 10.1 Å². The molecule has 2 N–H and O–H groups in total. The second-order valence-corrected chi connectivity index (χ2v) is 7.30. The van der Waals surface area contributed by atoms with Gasteiger partial charge in [-0.05, 0) is 66.2 Å². The van der Waals surface area contributed by atoms with Crippen LogP contribution < -0.4 is 15.5 Å². The molecular weight excluding hydrogens is 402 g/mol. The van der Waals surface area contributed by atoms with Crippen molar-refractivity contribution in [2.45, 2.75) is 13.8 Å². The lowest BCUT2D eigenvalue weighted by Gasteiger charge is -2.10. The summed E-state index contributed by atoms with van der Waals surface area (Å²) >= 11 is 1.30. The highest BCUT2D eigenvalue weighted by Crippen LogP contribution is 2.19. The van der Waals surface area contributed by atoms with E-state index in [4.69, 9.17) is 4.74 Å². The first-order valence-electron chi connectivity index (χ1n) is 9.00. The zero-order valence-electron chi connectivity index (χ0n) is 16.3. The maximum Gasteiger partial charge on any atom is 0.353 e. The zero-order chi connectivity index (χ0) is 21.5. The Morgan fingerprint density at radius 3 is 2.27 bits per heavy atom. The predicted molar refractivity (Wildman–Crippen MR) is 116 cm³/mol. The molecule has 8 heteroatoms. The highest BCUT2D eigenvalue weighted by Gasteiger charge is 2.15. The van der Waals surface area contributed by atoms with Crippen molar-refractivity contribution in [3.63, 3.8) is 0 Å². The number of nitrogens with zero attached hydrogens (tertiary/aromatic N) is 1. The van der Waals surface area contributed by atoms with Gasteiger partial charge in [-0.1, -0.05) is 24.3 Å². The molecule has 0 aliphatic rings. The molecule has 30 heavy (non-hydrogen) atoms. The van der Waals surface area contributed by atoms with Crippen molar-refractivity contribution >= 4 is 41.0 Å². The highest BCUT2D eigenvalue weighted by atomic mass is 32.1. The van der Waals surface area contributed by atoms with E-state index in [1.165, 1.54) is 17.6 Å². The monoisotopic (exact) mass is 421 g/mol. The van der Waals surface area contributed by atoms with Gasteiger partial charge in [0.1, 0.15) is 10.6 Å². The number of nitrogens with one attached hydrogen (secondary N) is 2. The van der Waals surface area contributed by atoms with Crippen molar-refractivity contribution < 1.29 is 19.1 Å². The molecule has 0 atom stereocenters. The Morgan fingerprint density at radius 2 is 1.63 bits per heavy atom. The topological polar surface area (TPSA) is 96.9 Å². The Labute approximate surface area is 177 Å². The number of ether oxygens (including phenoxy) is 1. The summed E-state index contributed by atoms with van der Waals surface area (Å²) in [5, 5.41) is 8.18. The molecule has 0 aliphatic carbocycles. The van der Waals surface area contributed by atoms with Gasteiger partial charge in [0.25, 0.3) is 0 Å². The summed E-state index contributed by atoms with van der Waals surface area (Å²) in [6, 6.07) is 15.6. The number of para-hydroxylation sites is 1. The molecule has 0 unspecified atom stereocenters. The van der Waals surface area contributed by atoms with Crippen molar-refractivity contribution in [2.75, 3.05) is 5.32 Å². The lowest BCUT2D eigenvalue weighted by molar-refractivity contribution is -0.136. The van der Waals surface area contributed by atoms with Gasteiger partial charge >= 0.3 is 17.8 Å². The van der Waals surface area contributed by atoms with Gasteiger partial charge in [0.15, 0.2) is 0 Å². The van der Waals surface area contributed by atoms with Crippen LogP contribution in [0.25, 0.3) is 0 Å². The third-order valence-corrected chi connectivity index (χ3v) is 4.97. The average Bonchev–Trinajstić information content (AvgIpc) is 3.27. The van der Waals surface area contributed by atoms with Gasteiger partial charge in [-0.15, -0.1) is 11.3 Å². The molecule has 0 aliphatic heterocycles. The minimum Gasteiger partial charge on any atom is -0.422 e. The predicted octanol–water partition coefficient (Wildman–Crippen LogP) is 3.67. The summed E-state index contributed by atoms with van der Waals surface area (Å²) in [5.41, 5.74) is 5.17. The van der Waals surface area contributed by atoms with E-state index in [0.717, 1.165) is 11.1 Å². The number of thiophene rings is 1. The van der Waals surface area contributed by atoms with Crippen molar-refractivity contribution in [2.24, 2.45) is 5.10 Å². The number of aryl methyl sites for hydroxylation is 2. The van der Waals surface area contributed by atoms with E-state index < -0.39 is 17.8 Å². The Bertz CT molecular complexity index is 1070. The van der Waals surface area contributed by atoms with Crippen molar-refractivity contribution in [3.8, 4) is 5.75 Å². The number of rotatable bonds is 5. The zero-order valence-corrected chi connectivity index (χ0v) is 17.2. The molecule has 3 rings (SSSR count). The van der Waals surface area contributed by atoms with Gasteiger partial charge in [0.2, 0.25) is 0 Å². The third kappa shape index (κ3) is 5.39. The lowest BCUT2D eigenvalue weighted by atomic mass is 10.1. The number of hydrogen-bond donors (Lipinski definition) is 2. The largest absolute Gasteiger partial charge is 0.422 e. The molecule has 3 aromatic rings. The third-order valence-electron chi connectivity index (χ3n) is 4.12. The fourth-order valence-corrected chi connectivity index (χ4v) is 3.17. The van der Waals surface area contributed by atoms with E-state index >= 15 is 0 Å². The molecule has 2 amide bonds.